The largest absolute Gasteiger partial charge is 0.493 e. The number of ether oxygens (including phenoxy) is 1. The lowest BCUT2D eigenvalue weighted by Gasteiger charge is -2.38. The molecule has 4 nitrogen and oxygen atoms in total. The van der Waals surface area contributed by atoms with Crippen LogP contribution < -0.4 is 10.1 Å². The normalized spacial score (nSPS) is 15.6. The number of amides is 1. The maximum Gasteiger partial charge on any atom is 0.389 e. The highest BCUT2D eigenvalue weighted by Gasteiger charge is 2.32. The fraction of sp³-hybridized carbons (Fsp3) is 0.632. The first-order valence-corrected chi connectivity index (χ1v) is 8.94. The van der Waals surface area contributed by atoms with Crippen LogP contribution in [-0.2, 0) is 11.3 Å². The molecule has 0 radical (unpaired) electrons. The molecule has 26 heavy (non-hydrogen) atoms. The number of rotatable bonds is 8. The molecule has 2 rings (SSSR count). The molecular weight excluding hydrogens is 345 g/mol. The molecule has 0 atom stereocenters. The van der Waals surface area contributed by atoms with Gasteiger partial charge in [0.05, 0.1) is 12.5 Å². The van der Waals surface area contributed by atoms with Gasteiger partial charge in [-0.3, -0.25) is 9.69 Å². The van der Waals surface area contributed by atoms with Crippen LogP contribution in [-0.4, -0.2) is 43.7 Å². The highest BCUT2D eigenvalue weighted by atomic mass is 19.4. The Morgan fingerprint density at radius 3 is 2.54 bits per heavy atom. The molecular formula is C19H27F3N2O2. The minimum atomic E-state index is -4.10. The van der Waals surface area contributed by atoms with Gasteiger partial charge in [0.1, 0.15) is 5.75 Å². The van der Waals surface area contributed by atoms with E-state index < -0.39 is 12.6 Å². The molecule has 0 aliphatic carbocycles. The number of carbonyl (C=O) groups excluding carboxylic acids is 1. The summed E-state index contributed by atoms with van der Waals surface area (Å²) in [7, 11) is 1.65. The molecule has 0 spiro atoms. The molecule has 1 amide bonds. The summed E-state index contributed by atoms with van der Waals surface area (Å²) in [5.41, 5.74) is 3.32. The van der Waals surface area contributed by atoms with Gasteiger partial charge in [0.2, 0.25) is 5.91 Å². The highest BCUT2D eigenvalue weighted by Crippen LogP contribution is 2.28. The van der Waals surface area contributed by atoms with E-state index in [0.717, 1.165) is 36.5 Å². The van der Waals surface area contributed by atoms with Crippen molar-refractivity contribution in [3.05, 3.63) is 28.8 Å². The van der Waals surface area contributed by atoms with Crippen LogP contribution >= 0.6 is 0 Å². The number of halogens is 3. The van der Waals surface area contributed by atoms with Gasteiger partial charge in [-0.1, -0.05) is 6.07 Å². The van der Waals surface area contributed by atoms with Crippen LogP contribution in [0.25, 0.3) is 0 Å². The summed E-state index contributed by atoms with van der Waals surface area (Å²) in [6, 6.07) is 3.89. The Bertz CT molecular complexity index is 626. The van der Waals surface area contributed by atoms with Crippen molar-refractivity contribution < 1.29 is 22.7 Å². The smallest absolute Gasteiger partial charge is 0.389 e. The Labute approximate surface area is 152 Å². The van der Waals surface area contributed by atoms with Crippen LogP contribution in [0, 0.1) is 19.8 Å². The monoisotopic (exact) mass is 372 g/mol. The van der Waals surface area contributed by atoms with E-state index in [1.54, 1.807) is 7.05 Å². The maximum absolute atomic E-state index is 12.1. The molecule has 7 heteroatoms. The summed E-state index contributed by atoms with van der Waals surface area (Å²) in [6.07, 6.45) is -4.39. The van der Waals surface area contributed by atoms with Gasteiger partial charge in [0.15, 0.2) is 0 Å². The van der Waals surface area contributed by atoms with Crippen molar-refractivity contribution in [3.63, 3.8) is 0 Å². The Kier molecular flexibility index (Phi) is 6.92. The minimum absolute atomic E-state index is 0.0701. The second-order valence-corrected chi connectivity index (χ2v) is 6.90. The maximum atomic E-state index is 12.1. The summed E-state index contributed by atoms with van der Waals surface area (Å²) in [5.74, 6) is 0.884. The van der Waals surface area contributed by atoms with Crippen molar-refractivity contribution in [3.8, 4) is 5.75 Å². The SMILES string of the molecule is CNC(=O)C1CN(Cc2ccc(OCCCCC(F)(F)F)c(C)c2C)C1. The molecule has 1 heterocycles. The van der Waals surface area contributed by atoms with Gasteiger partial charge in [-0.05, 0) is 49.4 Å². The lowest BCUT2D eigenvalue weighted by molar-refractivity contribution is -0.135. The van der Waals surface area contributed by atoms with Crippen LogP contribution in [0.4, 0.5) is 13.2 Å². The van der Waals surface area contributed by atoms with Crippen LogP contribution in [0.2, 0.25) is 0 Å². The van der Waals surface area contributed by atoms with Gasteiger partial charge < -0.3 is 10.1 Å². The van der Waals surface area contributed by atoms with Gasteiger partial charge in [-0.15, -0.1) is 0 Å². The topological polar surface area (TPSA) is 41.6 Å². The van der Waals surface area contributed by atoms with Gasteiger partial charge in [-0.25, -0.2) is 0 Å². The van der Waals surface area contributed by atoms with Gasteiger partial charge in [0, 0.05) is 33.1 Å². The molecule has 1 aromatic rings. The van der Waals surface area contributed by atoms with E-state index in [0.29, 0.717) is 6.42 Å². The zero-order valence-electron chi connectivity index (χ0n) is 15.6. The molecule has 1 N–H and O–H groups in total. The van der Waals surface area contributed by atoms with Crippen molar-refractivity contribution in [2.45, 2.75) is 45.8 Å². The average molecular weight is 372 g/mol. The van der Waals surface area contributed by atoms with Crippen molar-refractivity contribution in [1.29, 1.82) is 0 Å². The predicted octanol–water partition coefficient (Wildman–Crippen LogP) is 3.59. The van der Waals surface area contributed by atoms with E-state index in [1.165, 1.54) is 5.56 Å². The first-order chi connectivity index (χ1) is 12.2. The lowest BCUT2D eigenvalue weighted by atomic mass is 9.96. The summed E-state index contributed by atoms with van der Waals surface area (Å²) in [4.78, 5) is 13.8. The quantitative estimate of drug-likeness (QED) is 0.709. The number of carbonyl (C=O) groups is 1. The molecule has 1 aromatic carbocycles. The number of benzene rings is 1. The molecule has 1 saturated heterocycles. The molecule has 0 saturated carbocycles. The fourth-order valence-electron chi connectivity index (χ4n) is 3.10. The summed E-state index contributed by atoms with van der Waals surface area (Å²) in [5, 5.41) is 2.67. The second-order valence-electron chi connectivity index (χ2n) is 6.90. The predicted molar refractivity (Wildman–Crippen MR) is 94.2 cm³/mol. The number of nitrogens with zero attached hydrogens (tertiary/aromatic N) is 1. The third kappa shape index (κ3) is 5.62. The van der Waals surface area contributed by atoms with Crippen LogP contribution in [0.15, 0.2) is 12.1 Å². The van der Waals surface area contributed by atoms with Crippen LogP contribution in [0.1, 0.15) is 36.0 Å². The third-order valence-corrected chi connectivity index (χ3v) is 4.93. The molecule has 1 aliphatic heterocycles. The number of unbranched alkanes of at least 4 members (excludes halogenated alkanes) is 1. The molecule has 0 unspecified atom stereocenters. The van der Waals surface area contributed by atoms with Crippen molar-refractivity contribution in [2.24, 2.45) is 5.92 Å². The van der Waals surface area contributed by atoms with Crippen molar-refractivity contribution in [1.82, 2.24) is 10.2 Å². The third-order valence-electron chi connectivity index (χ3n) is 4.93. The van der Waals surface area contributed by atoms with Crippen LogP contribution in [0.5, 0.6) is 5.75 Å². The van der Waals surface area contributed by atoms with E-state index in [9.17, 15) is 18.0 Å². The van der Waals surface area contributed by atoms with E-state index in [1.807, 2.05) is 26.0 Å². The van der Waals surface area contributed by atoms with Crippen molar-refractivity contribution in [2.75, 3.05) is 26.7 Å². The van der Waals surface area contributed by atoms with Gasteiger partial charge >= 0.3 is 6.18 Å². The first kappa shape index (κ1) is 20.6. The zero-order valence-corrected chi connectivity index (χ0v) is 15.6. The van der Waals surface area contributed by atoms with E-state index in [4.69, 9.17) is 4.74 Å². The fourth-order valence-corrected chi connectivity index (χ4v) is 3.10. The molecule has 0 bridgehead atoms. The Morgan fingerprint density at radius 2 is 1.92 bits per heavy atom. The second kappa shape index (κ2) is 8.75. The molecule has 0 aromatic heterocycles. The number of hydrogen-bond acceptors (Lipinski definition) is 3. The van der Waals surface area contributed by atoms with E-state index in [-0.39, 0.29) is 24.9 Å². The summed E-state index contributed by atoms with van der Waals surface area (Å²) >= 11 is 0. The minimum Gasteiger partial charge on any atom is -0.493 e. The number of likely N-dealkylation sites (tertiary alicyclic amines) is 1. The highest BCUT2D eigenvalue weighted by molar-refractivity contribution is 5.79. The number of nitrogens with one attached hydrogen (secondary N) is 1. The van der Waals surface area contributed by atoms with Gasteiger partial charge in [-0.2, -0.15) is 13.2 Å². The molecule has 1 fully saturated rings. The zero-order chi connectivity index (χ0) is 19.3. The standard InChI is InChI=1S/C19H27F3N2O2/c1-13-14(2)17(26-9-5-4-8-19(20,21)22)7-6-15(13)10-24-11-16(12-24)18(25)23-3/h6-7,16H,4-5,8-12H2,1-3H3,(H,23,25). The van der Waals surface area contributed by atoms with E-state index in [2.05, 4.69) is 10.2 Å². The Hall–Kier alpha value is -1.76. The van der Waals surface area contributed by atoms with E-state index >= 15 is 0 Å². The first-order valence-electron chi connectivity index (χ1n) is 8.94. The summed E-state index contributed by atoms with van der Waals surface area (Å²) in [6.45, 7) is 6.58. The Balaban J connectivity index is 1.81. The Morgan fingerprint density at radius 1 is 1.23 bits per heavy atom. The number of hydrogen-bond donors (Lipinski definition) is 1. The van der Waals surface area contributed by atoms with Gasteiger partial charge in [0.25, 0.3) is 0 Å². The van der Waals surface area contributed by atoms with Crippen molar-refractivity contribution >= 4 is 5.91 Å². The molecule has 1 aliphatic rings. The average Bonchev–Trinajstić information content (AvgIpc) is 2.54. The lowest BCUT2D eigenvalue weighted by Crippen LogP contribution is -2.52. The summed E-state index contributed by atoms with van der Waals surface area (Å²) < 4.78 is 42.0. The molecule has 146 valence electrons. The number of alkyl halides is 3. The van der Waals surface area contributed by atoms with Crippen LogP contribution in [0.3, 0.4) is 0 Å².